The molecule has 0 atom stereocenters. The Hall–Kier alpha value is -4.29. The highest BCUT2D eigenvalue weighted by Crippen LogP contribution is 2.40. The van der Waals surface area contributed by atoms with Crippen molar-refractivity contribution < 1.29 is 19.3 Å². The molecule has 1 saturated heterocycles. The third kappa shape index (κ3) is 6.29. The number of nitrogens with zero attached hydrogens (tertiary/aromatic N) is 2. The Labute approximate surface area is 249 Å². The third-order valence-corrected chi connectivity index (χ3v) is 7.93. The lowest BCUT2D eigenvalue weighted by atomic mass is 9.95. The zero-order valence-corrected chi connectivity index (χ0v) is 24.2. The summed E-state index contributed by atoms with van der Waals surface area (Å²) in [5.41, 5.74) is 2.90. The number of piperidine rings is 1. The Kier molecular flexibility index (Phi) is 9.13. The number of phenolic OH excluding ortho intramolecular Hbond substituents is 1. The molecule has 1 fully saturated rings. The largest absolute Gasteiger partial charge is 0.507 e. The lowest BCUT2D eigenvalue weighted by molar-refractivity contribution is -0.141. The molecule has 42 heavy (non-hydrogen) atoms. The van der Waals surface area contributed by atoms with Gasteiger partial charge in [0.25, 0.3) is 5.56 Å². The molecule has 2 heterocycles. The van der Waals surface area contributed by atoms with E-state index in [9.17, 15) is 15.2 Å². The summed E-state index contributed by atoms with van der Waals surface area (Å²) in [5, 5.41) is 21.3. The molecule has 0 bridgehead atoms. The van der Waals surface area contributed by atoms with Crippen molar-refractivity contribution in [1.82, 2.24) is 4.98 Å². The number of halogens is 1. The predicted molar refractivity (Wildman–Crippen MR) is 163 cm³/mol. The fourth-order valence-electron chi connectivity index (χ4n) is 5.44. The van der Waals surface area contributed by atoms with E-state index in [2.05, 4.69) is 9.88 Å². The van der Waals surface area contributed by atoms with Gasteiger partial charge in [-0.2, -0.15) is 5.26 Å². The highest BCUT2D eigenvalue weighted by atomic mass is 35.5. The number of nitriles is 1. The summed E-state index contributed by atoms with van der Waals surface area (Å²) in [4.78, 5) is 17.9. The molecule has 8 nitrogen and oxygen atoms in total. The van der Waals surface area contributed by atoms with Gasteiger partial charge in [-0.1, -0.05) is 54.1 Å². The van der Waals surface area contributed by atoms with E-state index in [0.29, 0.717) is 45.5 Å². The maximum Gasteiger partial charge on any atom is 0.266 e. The maximum atomic E-state index is 13.0. The molecule has 0 aliphatic carbocycles. The van der Waals surface area contributed by atoms with Crippen molar-refractivity contribution >= 4 is 17.3 Å². The first-order valence-corrected chi connectivity index (χ1v) is 14.1. The van der Waals surface area contributed by atoms with E-state index in [1.165, 1.54) is 0 Å². The van der Waals surface area contributed by atoms with Crippen molar-refractivity contribution in [2.45, 2.75) is 25.7 Å². The number of benzene rings is 3. The standard InChI is InChI=1S/C33H32ClN3O5/c1-40-33(41-2)22-11-13-37(14-12-22)30-18-31(38)26(16-28(30)34)29-17-25(27(19-35)32(39)36-29)23-9-6-10-24(15-23)42-20-21-7-4-3-5-8-21/h3-10,15-18,22,33,38H,11-14,20H2,1-2H3,(H,36,39). The van der Waals surface area contributed by atoms with Gasteiger partial charge in [0.05, 0.1) is 16.4 Å². The Balaban J connectivity index is 1.43. The summed E-state index contributed by atoms with van der Waals surface area (Å²) in [6, 6.07) is 24.0. The van der Waals surface area contributed by atoms with E-state index in [4.69, 9.17) is 25.8 Å². The fourth-order valence-corrected chi connectivity index (χ4v) is 5.72. The third-order valence-electron chi connectivity index (χ3n) is 7.62. The summed E-state index contributed by atoms with van der Waals surface area (Å²) in [7, 11) is 3.28. The van der Waals surface area contributed by atoms with Gasteiger partial charge >= 0.3 is 0 Å². The molecule has 1 aliphatic rings. The second kappa shape index (κ2) is 13.1. The minimum absolute atomic E-state index is 0.0329. The molecule has 5 rings (SSSR count). The number of methoxy groups -OCH3 is 2. The van der Waals surface area contributed by atoms with Crippen LogP contribution in [0.1, 0.15) is 24.0 Å². The average molecular weight is 586 g/mol. The van der Waals surface area contributed by atoms with Crippen LogP contribution in [0.4, 0.5) is 5.69 Å². The normalized spacial score (nSPS) is 13.7. The average Bonchev–Trinajstić information content (AvgIpc) is 3.02. The van der Waals surface area contributed by atoms with Crippen LogP contribution in [0.15, 0.2) is 77.6 Å². The fraction of sp³-hybridized carbons (Fsp3) is 0.273. The van der Waals surface area contributed by atoms with Crippen molar-refractivity contribution in [2.24, 2.45) is 5.92 Å². The lowest BCUT2D eigenvalue weighted by Crippen LogP contribution is -2.39. The number of anilines is 1. The number of phenols is 1. The van der Waals surface area contributed by atoms with Gasteiger partial charge in [-0.25, -0.2) is 0 Å². The Morgan fingerprint density at radius 3 is 2.45 bits per heavy atom. The van der Waals surface area contributed by atoms with Crippen LogP contribution >= 0.6 is 11.6 Å². The first-order chi connectivity index (χ1) is 20.4. The van der Waals surface area contributed by atoms with Gasteiger partial charge in [0.15, 0.2) is 6.29 Å². The lowest BCUT2D eigenvalue weighted by Gasteiger charge is -2.36. The molecule has 216 valence electrons. The quantitative estimate of drug-likeness (QED) is 0.220. The minimum atomic E-state index is -0.562. The molecule has 0 saturated carbocycles. The summed E-state index contributed by atoms with van der Waals surface area (Å²) in [6.07, 6.45) is 1.45. The smallest absolute Gasteiger partial charge is 0.266 e. The first kappa shape index (κ1) is 29.2. The van der Waals surface area contributed by atoms with Gasteiger partial charge < -0.3 is 29.2 Å². The summed E-state index contributed by atoms with van der Waals surface area (Å²) >= 11 is 6.74. The topological polar surface area (TPSA) is 108 Å². The molecular weight excluding hydrogens is 554 g/mol. The van der Waals surface area contributed by atoms with Crippen molar-refractivity contribution in [3.8, 4) is 40.0 Å². The number of ether oxygens (including phenoxy) is 3. The van der Waals surface area contributed by atoms with Crippen LogP contribution in [0.5, 0.6) is 11.5 Å². The molecule has 0 amide bonds. The number of H-pyrrole nitrogens is 1. The van der Waals surface area contributed by atoms with Crippen molar-refractivity contribution in [3.63, 3.8) is 0 Å². The monoisotopic (exact) mass is 585 g/mol. The molecule has 9 heteroatoms. The number of hydrogen-bond donors (Lipinski definition) is 2. The zero-order valence-electron chi connectivity index (χ0n) is 23.5. The van der Waals surface area contributed by atoms with Gasteiger partial charge in [0.2, 0.25) is 0 Å². The number of rotatable bonds is 9. The second-order valence-corrected chi connectivity index (χ2v) is 10.6. The number of nitrogens with one attached hydrogen (secondary N) is 1. The molecule has 0 radical (unpaired) electrons. The zero-order chi connectivity index (χ0) is 29.6. The molecule has 0 spiro atoms. The van der Waals surface area contributed by atoms with Crippen LogP contribution in [-0.2, 0) is 16.1 Å². The highest BCUT2D eigenvalue weighted by molar-refractivity contribution is 6.33. The summed E-state index contributed by atoms with van der Waals surface area (Å²) in [5.74, 6) is 0.838. The molecule has 1 aromatic heterocycles. The number of aromatic hydroxyl groups is 1. The second-order valence-electron chi connectivity index (χ2n) is 10.2. The molecule has 2 N–H and O–H groups in total. The van der Waals surface area contributed by atoms with Crippen LogP contribution in [0, 0.1) is 17.2 Å². The molecule has 0 unspecified atom stereocenters. The van der Waals surface area contributed by atoms with Crippen LogP contribution in [0.25, 0.3) is 22.4 Å². The highest BCUT2D eigenvalue weighted by Gasteiger charge is 2.28. The number of hydrogen-bond acceptors (Lipinski definition) is 7. The van der Waals surface area contributed by atoms with E-state index in [0.717, 1.165) is 31.5 Å². The molecule has 4 aromatic rings. The van der Waals surface area contributed by atoms with Crippen LogP contribution in [0.2, 0.25) is 5.02 Å². The van der Waals surface area contributed by atoms with Crippen LogP contribution in [0.3, 0.4) is 0 Å². The number of aromatic nitrogens is 1. The van der Waals surface area contributed by atoms with E-state index in [1.807, 2.05) is 54.6 Å². The Bertz CT molecular complexity index is 1640. The summed E-state index contributed by atoms with van der Waals surface area (Å²) in [6.45, 7) is 1.84. The minimum Gasteiger partial charge on any atom is -0.507 e. The van der Waals surface area contributed by atoms with E-state index >= 15 is 0 Å². The van der Waals surface area contributed by atoms with Crippen molar-refractivity contribution in [1.29, 1.82) is 5.26 Å². The number of pyridine rings is 1. The summed E-state index contributed by atoms with van der Waals surface area (Å²) < 4.78 is 16.8. The Morgan fingerprint density at radius 2 is 1.76 bits per heavy atom. The van der Waals surface area contributed by atoms with Gasteiger partial charge in [-0.3, -0.25) is 4.79 Å². The van der Waals surface area contributed by atoms with Gasteiger partial charge in [0.1, 0.15) is 29.7 Å². The van der Waals surface area contributed by atoms with Crippen LogP contribution in [-0.4, -0.2) is 43.7 Å². The molecule has 1 aliphatic heterocycles. The Morgan fingerprint density at radius 1 is 1.02 bits per heavy atom. The van der Waals surface area contributed by atoms with Gasteiger partial charge in [0, 0.05) is 50.4 Å². The van der Waals surface area contributed by atoms with E-state index < -0.39 is 5.56 Å². The van der Waals surface area contributed by atoms with E-state index in [1.54, 1.807) is 38.5 Å². The predicted octanol–water partition coefficient (Wildman–Crippen LogP) is 6.35. The SMILES string of the molecule is COC(OC)C1CCN(c2cc(O)c(-c3cc(-c4cccc(OCc5ccccc5)c4)c(C#N)c(=O)[nH]3)cc2Cl)CC1. The number of aromatic amines is 1. The van der Waals surface area contributed by atoms with Crippen LogP contribution < -0.4 is 15.2 Å². The van der Waals surface area contributed by atoms with Crippen molar-refractivity contribution in [3.05, 3.63) is 99.3 Å². The van der Waals surface area contributed by atoms with Gasteiger partial charge in [-0.05, 0) is 48.2 Å². The van der Waals surface area contributed by atoms with E-state index in [-0.39, 0.29) is 23.5 Å². The molecular formula is C33H32ClN3O5. The maximum absolute atomic E-state index is 13.0. The first-order valence-electron chi connectivity index (χ1n) is 13.7. The van der Waals surface area contributed by atoms with Gasteiger partial charge in [-0.15, -0.1) is 0 Å². The molecule has 3 aromatic carbocycles. The van der Waals surface area contributed by atoms with Crippen molar-refractivity contribution in [2.75, 3.05) is 32.2 Å².